The number of carboxylic acid groups (broad SMARTS) is 1. The van der Waals surface area contributed by atoms with Crippen molar-refractivity contribution in [1.82, 2.24) is 10.6 Å². The molecule has 5 heteroatoms. The number of hydrogen-bond acceptors (Lipinski definition) is 2. The highest BCUT2D eigenvalue weighted by molar-refractivity contribution is 5.74. The summed E-state index contributed by atoms with van der Waals surface area (Å²) in [6.45, 7) is 4.94. The van der Waals surface area contributed by atoms with Crippen LogP contribution in [0.2, 0.25) is 0 Å². The summed E-state index contributed by atoms with van der Waals surface area (Å²) in [6.07, 6.45) is 5.19. The minimum Gasteiger partial charge on any atom is -0.481 e. The van der Waals surface area contributed by atoms with Gasteiger partial charge in [-0.25, -0.2) is 4.79 Å². The van der Waals surface area contributed by atoms with Crippen LogP contribution < -0.4 is 10.6 Å². The van der Waals surface area contributed by atoms with E-state index >= 15 is 0 Å². The maximum absolute atomic E-state index is 11.5. The lowest BCUT2D eigenvalue weighted by Gasteiger charge is -2.15. The van der Waals surface area contributed by atoms with E-state index in [0.29, 0.717) is 18.4 Å². The molecule has 0 aromatic carbocycles. The Labute approximate surface area is 108 Å². The van der Waals surface area contributed by atoms with Gasteiger partial charge in [0.1, 0.15) is 0 Å². The zero-order chi connectivity index (χ0) is 13.6. The van der Waals surface area contributed by atoms with Crippen molar-refractivity contribution in [2.24, 2.45) is 11.3 Å². The van der Waals surface area contributed by atoms with E-state index in [-0.39, 0.29) is 6.03 Å². The van der Waals surface area contributed by atoms with Crippen LogP contribution in [0.5, 0.6) is 0 Å². The second kappa shape index (κ2) is 6.61. The van der Waals surface area contributed by atoms with Gasteiger partial charge in [-0.05, 0) is 31.1 Å². The van der Waals surface area contributed by atoms with Gasteiger partial charge in [-0.1, -0.05) is 20.3 Å². The van der Waals surface area contributed by atoms with Gasteiger partial charge in [0.2, 0.25) is 0 Å². The fourth-order valence-electron chi connectivity index (χ4n) is 2.08. The first kappa shape index (κ1) is 14.8. The normalized spacial score (nSPS) is 17.9. The minimum absolute atomic E-state index is 0.185. The topological polar surface area (TPSA) is 78.4 Å². The van der Waals surface area contributed by atoms with E-state index in [0.717, 1.165) is 13.0 Å². The van der Waals surface area contributed by atoms with E-state index in [1.165, 1.54) is 19.3 Å². The Morgan fingerprint density at radius 3 is 2.50 bits per heavy atom. The van der Waals surface area contributed by atoms with E-state index in [1.807, 2.05) is 0 Å². The van der Waals surface area contributed by atoms with Crippen molar-refractivity contribution in [3.63, 3.8) is 0 Å². The Bertz CT molecular complexity index is 301. The summed E-state index contributed by atoms with van der Waals surface area (Å²) in [6, 6.07) is -0.185. The third-order valence-electron chi connectivity index (χ3n) is 3.65. The van der Waals surface area contributed by atoms with E-state index in [1.54, 1.807) is 6.92 Å². The lowest BCUT2D eigenvalue weighted by atomic mass is 10.0. The van der Waals surface area contributed by atoms with Crippen molar-refractivity contribution >= 4 is 12.0 Å². The van der Waals surface area contributed by atoms with Crippen molar-refractivity contribution in [3.05, 3.63) is 0 Å². The number of nitrogens with one attached hydrogen (secondary N) is 2. The number of hydrogen-bond donors (Lipinski definition) is 3. The summed E-state index contributed by atoms with van der Waals surface area (Å²) in [7, 11) is 0. The first-order chi connectivity index (χ1) is 8.49. The molecular formula is C13H24N2O3. The van der Waals surface area contributed by atoms with Crippen molar-refractivity contribution in [1.29, 1.82) is 0 Å². The predicted octanol–water partition coefficient (Wildman–Crippen LogP) is 1.98. The van der Waals surface area contributed by atoms with Gasteiger partial charge in [0.15, 0.2) is 0 Å². The Morgan fingerprint density at radius 2 is 2.00 bits per heavy atom. The largest absolute Gasteiger partial charge is 0.481 e. The maximum Gasteiger partial charge on any atom is 0.314 e. The molecule has 1 fully saturated rings. The highest BCUT2D eigenvalue weighted by Crippen LogP contribution is 2.48. The lowest BCUT2D eigenvalue weighted by Crippen LogP contribution is -2.39. The average molecular weight is 256 g/mol. The van der Waals surface area contributed by atoms with Crippen LogP contribution >= 0.6 is 0 Å². The molecule has 1 saturated carbocycles. The SMILES string of the molecule is CCCC1(CNC(=O)NCCC(C)C(=O)O)CC1. The van der Waals surface area contributed by atoms with E-state index in [2.05, 4.69) is 17.6 Å². The van der Waals surface area contributed by atoms with Gasteiger partial charge in [-0.3, -0.25) is 4.79 Å². The number of amides is 2. The van der Waals surface area contributed by atoms with Crippen LogP contribution in [0.25, 0.3) is 0 Å². The molecule has 0 aromatic rings. The molecular weight excluding hydrogens is 232 g/mol. The van der Waals surface area contributed by atoms with E-state index in [4.69, 9.17) is 5.11 Å². The minimum atomic E-state index is -0.822. The van der Waals surface area contributed by atoms with Crippen LogP contribution in [0.1, 0.15) is 46.0 Å². The summed E-state index contributed by atoms with van der Waals surface area (Å²) < 4.78 is 0. The Hall–Kier alpha value is -1.26. The summed E-state index contributed by atoms with van der Waals surface area (Å²) in [4.78, 5) is 22.1. The number of carbonyl (C=O) groups excluding carboxylic acids is 1. The van der Waals surface area contributed by atoms with Gasteiger partial charge >= 0.3 is 12.0 Å². The highest BCUT2D eigenvalue weighted by atomic mass is 16.4. The third kappa shape index (κ3) is 4.94. The molecule has 0 aromatic heterocycles. The van der Waals surface area contributed by atoms with Crippen LogP contribution in [-0.4, -0.2) is 30.2 Å². The Balaban J connectivity index is 2.09. The Morgan fingerprint density at radius 1 is 1.33 bits per heavy atom. The molecule has 1 aliphatic carbocycles. The van der Waals surface area contributed by atoms with Crippen molar-refractivity contribution in [2.45, 2.75) is 46.0 Å². The summed E-state index contributed by atoms with van der Waals surface area (Å²) in [5.41, 5.74) is 0.348. The van der Waals surface area contributed by atoms with Gasteiger partial charge in [-0.2, -0.15) is 0 Å². The average Bonchev–Trinajstić information content (AvgIpc) is 3.07. The monoisotopic (exact) mass is 256 g/mol. The van der Waals surface area contributed by atoms with Crippen molar-refractivity contribution in [3.8, 4) is 0 Å². The van der Waals surface area contributed by atoms with Crippen molar-refractivity contribution in [2.75, 3.05) is 13.1 Å². The molecule has 1 unspecified atom stereocenters. The van der Waals surface area contributed by atoms with Crippen LogP contribution in [0.4, 0.5) is 4.79 Å². The first-order valence-corrected chi connectivity index (χ1v) is 6.73. The highest BCUT2D eigenvalue weighted by Gasteiger charge is 2.41. The van der Waals surface area contributed by atoms with Crippen LogP contribution in [-0.2, 0) is 4.79 Å². The Kier molecular flexibility index (Phi) is 5.44. The molecule has 18 heavy (non-hydrogen) atoms. The van der Waals surface area contributed by atoms with E-state index in [9.17, 15) is 9.59 Å². The maximum atomic E-state index is 11.5. The second-order valence-electron chi connectivity index (χ2n) is 5.39. The fourth-order valence-corrected chi connectivity index (χ4v) is 2.08. The van der Waals surface area contributed by atoms with E-state index < -0.39 is 11.9 Å². The number of aliphatic carboxylic acids is 1. The zero-order valence-corrected chi connectivity index (χ0v) is 11.3. The smallest absolute Gasteiger partial charge is 0.314 e. The fraction of sp³-hybridized carbons (Fsp3) is 0.846. The molecule has 0 aliphatic heterocycles. The molecule has 0 spiro atoms. The summed E-state index contributed by atoms with van der Waals surface area (Å²) in [5.74, 6) is -1.24. The molecule has 2 amide bonds. The third-order valence-corrected chi connectivity index (χ3v) is 3.65. The summed E-state index contributed by atoms with van der Waals surface area (Å²) in [5, 5.41) is 14.3. The summed E-state index contributed by atoms with van der Waals surface area (Å²) >= 11 is 0. The molecule has 3 N–H and O–H groups in total. The molecule has 1 rings (SSSR count). The first-order valence-electron chi connectivity index (χ1n) is 6.73. The molecule has 0 heterocycles. The van der Waals surface area contributed by atoms with Gasteiger partial charge in [0.25, 0.3) is 0 Å². The molecule has 1 atom stereocenters. The molecule has 1 aliphatic rings. The number of carboxylic acids is 1. The second-order valence-corrected chi connectivity index (χ2v) is 5.39. The predicted molar refractivity (Wildman–Crippen MR) is 69.4 cm³/mol. The van der Waals surface area contributed by atoms with Gasteiger partial charge in [-0.15, -0.1) is 0 Å². The molecule has 0 saturated heterocycles. The standard InChI is InChI=1S/C13H24N2O3/c1-3-5-13(6-7-13)9-15-12(18)14-8-4-10(2)11(16)17/h10H,3-9H2,1-2H3,(H,16,17)(H2,14,15,18). The molecule has 104 valence electrons. The van der Waals surface area contributed by atoms with Crippen LogP contribution in [0.3, 0.4) is 0 Å². The lowest BCUT2D eigenvalue weighted by molar-refractivity contribution is -0.141. The quantitative estimate of drug-likeness (QED) is 0.621. The number of rotatable bonds is 8. The number of carbonyl (C=O) groups is 2. The zero-order valence-electron chi connectivity index (χ0n) is 11.3. The van der Waals surface area contributed by atoms with Crippen LogP contribution in [0, 0.1) is 11.3 Å². The van der Waals surface area contributed by atoms with Crippen LogP contribution in [0.15, 0.2) is 0 Å². The molecule has 5 nitrogen and oxygen atoms in total. The molecule has 0 radical (unpaired) electrons. The number of urea groups is 1. The molecule has 0 bridgehead atoms. The van der Waals surface area contributed by atoms with Crippen molar-refractivity contribution < 1.29 is 14.7 Å². The van der Waals surface area contributed by atoms with Gasteiger partial charge in [0.05, 0.1) is 5.92 Å². The van der Waals surface area contributed by atoms with Gasteiger partial charge < -0.3 is 15.7 Å². The van der Waals surface area contributed by atoms with Gasteiger partial charge in [0, 0.05) is 13.1 Å².